The molecular weight excluding hydrogens is 372 g/mol. The van der Waals surface area contributed by atoms with Crippen LogP contribution < -0.4 is 5.32 Å². The minimum Gasteiger partial charge on any atom is -0.359 e. The van der Waals surface area contributed by atoms with Crippen LogP contribution in [-0.2, 0) is 16.0 Å². The molecule has 1 heterocycles. The van der Waals surface area contributed by atoms with Crippen molar-refractivity contribution in [3.05, 3.63) is 59.7 Å². The number of aryl methyl sites for hydroxylation is 1. The third-order valence-corrected chi connectivity index (χ3v) is 7.15. The Bertz CT molecular complexity index is 944. The number of likely N-dealkylation sites (tertiary alicyclic amines) is 1. The predicted octanol–water partition coefficient (Wildman–Crippen LogP) is 4.22. The predicted molar refractivity (Wildman–Crippen MR) is 120 cm³/mol. The third-order valence-electron chi connectivity index (χ3n) is 7.15. The van der Waals surface area contributed by atoms with E-state index in [1.807, 2.05) is 4.90 Å². The number of nitrogens with zero attached hydrogens (tertiary/aromatic N) is 1. The summed E-state index contributed by atoms with van der Waals surface area (Å²) in [5.74, 6) is 1.10. The van der Waals surface area contributed by atoms with Gasteiger partial charge in [-0.25, -0.2) is 0 Å². The van der Waals surface area contributed by atoms with Gasteiger partial charge in [-0.1, -0.05) is 55.5 Å². The molecule has 4 heteroatoms. The minimum absolute atomic E-state index is 0.0916. The van der Waals surface area contributed by atoms with Crippen LogP contribution in [0.2, 0.25) is 0 Å². The van der Waals surface area contributed by atoms with E-state index in [9.17, 15) is 9.59 Å². The lowest BCUT2D eigenvalue weighted by molar-refractivity contribution is -0.141. The van der Waals surface area contributed by atoms with E-state index in [0.717, 1.165) is 6.42 Å². The Morgan fingerprint density at radius 1 is 1.03 bits per heavy atom. The number of rotatable bonds is 5. The number of carbonyl (C=O) groups is 2. The van der Waals surface area contributed by atoms with Crippen LogP contribution in [0.4, 0.5) is 0 Å². The molecule has 0 unspecified atom stereocenters. The Morgan fingerprint density at radius 2 is 1.63 bits per heavy atom. The Hall–Kier alpha value is -2.62. The fraction of sp³-hybridized carbons (Fsp3) is 0.462. The Balaban J connectivity index is 1.59. The molecule has 4 rings (SSSR count). The molecule has 1 aliphatic heterocycles. The number of hydrogen-bond donors (Lipinski definition) is 1. The van der Waals surface area contributed by atoms with Crippen molar-refractivity contribution in [1.82, 2.24) is 10.2 Å². The topological polar surface area (TPSA) is 49.4 Å². The van der Waals surface area contributed by atoms with Crippen molar-refractivity contribution in [2.24, 2.45) is 17.3 Å². The maximum absolute atomic E-state index is 13.1. The lowest BCUT2D eigenvalue weighted by atomic mass is 9.71. The summed E-state index contributed by atoms with van der Waals surface area (Å²) in [5, 5.41) is 2.91. The highest BCUT2D eigenvalue weighted by molar-refractivity contribution is 5.85. The van der Waals surface area contributed by atoms with Gasteiger partial charge >= 0.3 is 0 Å². The molecule has 158 valence electrons. The molecule has 1 saturated heterocycles. The summed E-state index contributed by atoms with van der Waals surface area (Å²) in [5.41, 5.74) is 4.38. The van der Waals surface area contributed by atoms with Crippen molar-refractivity contribution in [1.29, 1.82) is 0 Å². The minimum atomic E-state index is -0.473. The van der Waals surface area contributed by atoms with Gasteiger partial charge in [-0.2, -0.15) is 0 Å². The quantitative estimate of drug-likeness (QED) is 0.811. The van der Waals surface area contributed by atoms with Gasteiger partial charge < -0.3 is 10.2 Å². The summed E-state index contributed by atoms with van der Waals surface area (Å²) in [7, 11) is 1.72. The standard InChI is InChI=1S/C26H32N2O2/c1-18-8-4-6-10-21(18)22-11-7-5-9-20(22)17-26(25(30)27-3)12-14-28(15-13-26)24(29)23-16-19(23)2/h4-11,19,23H,12-17H2,1-3H3,(H,27,30)/t19-,23+/m0/s1. The van der Waals surface area contributed by atoms with Gasteiger partial charge in [0.25, 0.3) is 0 Å². The number of nitrogens with one attached hydrogen (secondary N) is 1. The average molecular weight is 405 g/mol. The van der Waals surface area contributed by atoms with Crippen molar-refractivity contribution in [3.63, 3.8) is 0 Å². The fourth-order valence-electron chi connectivity index (χ4n) is 4.98. The van der Waals surface area contributed by atoms with Crippen molar-refractivity contribution in [3.8, 4) is 11.1 Å². The molecule has 0 bridgehead atoms. The van der Waals surface area contributed by atoms with Gasteiger partial charge in [-0.15, -0.1) is 0 Å². The Morgan fingerprint density at radius 3 is 2.23 bits per heavy atom. The van der Waals surface area contributed by atoms with Gasteiger partial charge in [0, 0.05) is 26.1 Å². The highest BCUT2D eigenvalue weighted by Crippen LogP contribution is 2.42. The van der Waals surface area contributed by atoms with Crippen LogP contribution in [-0.4, -0.2) is 36.9 Å². The first-order chi connectivity index (χ1) is 14.4. The second-order valence-electron chi connectivity index (χ2n) is 9.15. The lowest BCUT2D eigenvalue weighted by Crippen LogP contribution is -2.51. The van der Waals surface area contributed by atoms with Crippen LogP contribution in [0.15, 0.2) is 48.5 Å². The molecule has 1 N–H and O–H groups in total. The molecule has 1 saturated carbocycles. The van der Waals surface area contributed by atoms with E-state index in [-0.39, 0.29) is 17.7 Å². The molecule has 30 heavy (non-hydrogen) atoms. The molecule has 0 spiro atoms. The second kappa shape index (κ2) is 8.25. The van der Waals surface area contributed by atoms with Crippen molar-refractivity contribution in [2.45, 2.75) is 39.5 Å². The first-order valence-electron chi connectivity index (χ1n) is 11.1. The molecule has 0 aromatic heterocycles. The number of hydrogen-bond acceptors (Lipinski definition) is 2. The molecule has 2 aliphatic rings. The maximum Gasteiger partial charge on any atom is 0.226 e. The number of benzene rings is 2. The zero-order valence-electron chi connectivity index (χ0n) is 18.3. The molecule has 2 aromatic carbocycles. The molecule has 2 amide bonds. The van der Waals surface area contributed by atoms with E-state index in [0.29, 0.717) is 38.3 Å². The molecular formula is C26H32N2O2. The van der Waals surface area contributed by atoms with Crippen LogP contribution >= 0.6 is 0 Å². The number of piperidine rings is 1. The SMILES string of the molecule is CNC(=O)C1(Cc2ccccc2-c2ccccc2C)CCN(C(=O)[C@@H]2C[C@@H]2C)CC1. The lowest BCUT2D eigenvalue weighted by Gasteiger charge is -2.41. The third kappa shape index (κ3) is 3.88. The molecule has 2 aromatic rings. The second-order valence-corrected chi connectivity index (χ2v) is 9.15. The van der Waals surface area contributed by atoms with Crippen molar-refractivity contribution >= 4 is 11.8 Å². The summed E-state index contributed by atoms with van der Waals surface area (Å²) in [6.45, 7) is 5.61. The van der Waals surface area contributed by atoms with Crippen molar-refractivity contribution < 1.29 is 9.59 Å². The Labute approximate surface area is 179 Å². The first kappa shape index (κ1) is 20.6. The highest BCUT2D eigenvalue weighted by Gasteiger charge is 2.46. The monoisotopic (exact) mass is 404 g/mol. The molecule has 2 atom stereocenters. The molecule has 0 radical (unpaired) electrons. The summed E-state index contributed by atoms with van der Waals surface area (Å²) < 4.78 is 0. The largest absolute Gasteiger partial charge is 0.359 e. The van der Waals surface area contributed by atoms with E-state index < -0.39 is 5.41 Å². The maximum atomic E-state index is 13.1. The van der Waals surface area contributed by atoms with Gasteiger partial charge in [-0.05, 0) is 60.8 Å². The van der Waals surface area contributed by atoms with Gasteiger partial charge in [-0.3, -0.25) is 9.59 Å². The summed E-state index contributed by atoms with van der Waals surface area (Å²) in [6.07, 6.45) is 3.13. The summed E-state index contributed by atoms with van der Waals surface area (Å²) in [6, 6.07) is 16.8. The van der Waals surface area contributed by atoms with Crippen molar-refractivity contribution in [2.75, 3.05) is 20.1 Å². The normalized spacial score (nSPS) is 22.4. The number of carbonyl (C=O) groups excluding carboxylic acids is 2. The zero-order valence-corrected chi connectivity index (χ0v) is 18.3. The van der Waals surface area contributed by atoms with E-state index >= 15 is 0 Å². The number of amides is 2. The van der Waals surface area contributed by atoms with Gasteiger partial charge in [0.1, 0.15) is 0 Å². The summed E-state index contributed by atoms with van der Waals surface area (Å²) in [4.78, 5) is 27.7. The average Bonchev–Trinajstić information content (AvgIpc) is 3.50. The van der Waals surface area contributed by atoms with Crippen LogP contribution in [0.1, 0.15) is 37.3 Å². The van der Waals surface area contributed by atoms with Crippen LogP contribution in [0.3, 0.4) is 0 Å². The molecule has 1 aliphatic carbocycles. The zero-order chi connectivity index (χ0) is 21.3. The van der Waals surface area contributed by atoms with Crippen LogP contribution in [0, 0.1) is 24.2 Å². The summed E-state index contributed by atoms with van der Waals surface area (Å²) >= 11 is 0. The van der Waals surface area contributed by atoms with Crippen LogP contribution in [0.25, 0.3) is 11.1 Å². The highest BCUT2D eigenvalue weighted by atomic mass is 16.2. The van der Waals surface area contributed by atoms with Gasteiger partial charge in [0.05, 0.1) is 5.41 Å². The molecule has 4 nitrogen and oxygen atoms in total. The van der Waals surface area contributed by atoms with Gasteiger partial charge in [0.2, 0.25) is 11.8 Å². The smallest absolute Gasteiger partial charge is 0.226 e. The van der Waals surface area contributed by atoms with Gasteiger partial charge in [0.15, 0.2) is 0 Å². The molecule has 2 fully saturated rings. The first-order valence-corrected chi connectivity index (χ1v) is 11.1. The van der Waals surface area contributed by atoms with E-state index in [4.69, 9.17) is 0 Å². The Kier molecular flexibility index (Phi) is 5.68. The van der Waals surface area contributed by atoms with E-state index in [2.05, 4.69) is 67.7 Å². The fourth-order valence-corrected chi connectivity index (χ4v) is 4.98. The van der Waals surface area contributed by atoms with Crippen LogP contribution in [0.5, 0.6) is 0 Å². The van der Waals surface area contributed by atoms with E-state index in [1.54, 1.807) is 7.05 Å². The van der Waals surface area contributed by atoms with E-state index in [1.165, 1.54) is 22.3 Å².